The molecule has 7 rings (SSSR count). The van der Waals surface area contributed by atoms with Crippen molar-refractivity contribution in [2.75, 3.05) is 17.2 Å². The Labute approximate surface area is 324 Å². The number of fused-ring (bicyclic) bond motifs is 3. The van der Waals surface area contributed by atoms with E-state index in [-0.39, 0.29) is 11.6 Å². The van der Waals surface area contributed by atoms with E-state index < -0.39 is 17.1 Å². The molecule has 3 N–H and O–H groups in total. The predicted octanol–water partition coefficient (Wildman–Crippen LogP) is 10.1. The van der Waals surface area contributed by atoms with E-state index in [4.69, 9.17) is 4.74 Å². The molecule has 0 fully saturated rings. The summed E-state index contributed by atoms with van der Waals surface area (Å²) in [7, 11) is 0. The molecule has 3 amide bonds. The van der Waals surface area contributed by atoms with Crippen LogP contribution in [-0.4, -0.2) is 28.9 Å². The van der Waals surface area contributed by atoms with Crippen molar-refractivity contribution in [3.05, 3.63) is 174 Å². The molecule has 274 valence electrons. The number of hydrogen-bond donors (Lipinski definition) is 3. The molecule has 0 saturated carbocycles. The van der Waals surface area contributed by atoms with Crippen LogP contribution >= 0.6 is 11.8 Å². The fraction of sp³-hybridized carbons (Fsp3) is 0.109. The normalized spacial score (nSPS) is 11.9. The molecule has 9 heteroatoms. The molecule has 0 radical (unpaired) electrons. The van der Waals surface area contributed by atoms with E-state index in [1.54, 1.807) is 36.4 Å². The molecule has 1 aromatic heterocycles. The fourth-order valence-corrected chi connectivity index (χ4v) is 7.58. The van der Waals surface area contributed by atoms with Crippen LogP contribution in [0.25, 0.3) is 27.9 Å². The summed E-state index contributed by atoms with van der Waals surface area (Å²) in [5.41, 5.74) is 5.53. The number of anilines is 2. The molecule has 0 aliphatic heterocycles. The minimum atomic E-state index is -0.597. The zero-order valence-corrected chi connectivity index (χ0v) is 31.3. The molecule has 7 aromatic rings. The lowest BCUT2D eigenvalue weighted by atomic mass is 10.1. The van der Waals surface area contributed by atoms with Crippen LogP contribution in [0.4, 0.5) is 11.4 Å². The van der Waals surface area contributed by atoms with E-state index in [1.165, 1.54) is 11.8 Å². The molecular formula is C46H40N4O4S. The summed E-state index contributed by atoms with van der Waals surface area (Å²) in [5.74, 6) is -0.382. The molecule has 0 aliphatic carbocycles. The van der Waals surface area contributed by atoms with Crippen LogP contribution in [0.1, 0.15) is 40.6 Å². The molecule has 8 nitrogen and oxygen atoms in total. The van der Waals surface area contributed by atoms with Crippen molar-refractivity contribution in [3.8, 4) is 5.75 Å². The summed E-state index contributed by atoms with van der Waals surface area (Å²) < 4.78 is 7.84. The molecule has 0 aliphatic rings. The number of rotatable bonds is 13. The maximum absolute atomic E-state index is 14.1. The molecular weight excluding hydrogens is 705 g/mol. The Morgan fingerprint density at radius 3 is 2.13 bits per heavy atom. The van der Waals surface area contributed by atoms with Gasteiger partial charge in [0, 0.05) is 50.2 Å². The van der Waals surface area contributed by atoms with Crippen LogP contribution < -0.4 is 20.7 Å². The van der Waals surface area contributed by atoms with Gasteiger partial charge < -0.3 is 25.3 Å². The highest BCUT2D eigenvalue weighted by Gasteiger charge is 2.23. The number of hydrogen-bond acceptors (Lipinski definition) is 5. The summed E-state index contributed by atoms with van der Waals surface area (Å²) in [6.45, 7) is 5.41. The van der Waals surface area contributed by atoms with Crippen molar-refractivity contribution in [1.82, 2.24) is 9.88 Å². The highest BCUT2D eigenvalue weighted by Crippen LogP contribution is 2.38. The third kappa shape index (κ3) is 8.64. The molecule has 6 aromatic carbocycles. The van der Waals surface area contributed by atoms with Gasteiger partial charge in [0.25, 0.3) is 11.8 Å². The number of thioether (sulfide) groups is 1. The van der Waals surface area contributed by atoms with E-state index in [1.807, 2.05) is 110 Å². The number of aryl methyl sites for hydroxylation is 1. The fourth-order valence-electron chi connectivity index (χ4n) is 6.50. The van der Waals surface area contributed by atoms with Crippen LogP contribution in [0, 0.1) is 0 Å². The summed E-state index contributed by atoms with van der Waals surface area (Å²) >= 11 is 1.38. The lowest BCUT2D eigenvalue weighted by molar-refractivity contribution is -0.116. The third-order valence-corrected chi connectivity index (χ3v) is 10.3. The van der Waals surface area contributed by atoms with Crippen molar-refractivity contribution in [3.63, 3.8) is 0 Å². The van der Waals surface area contributed by atoms with E-state index in [9.17, 15) is 14.4 Å². The van der Waals surface area contributed by atoms with Gasteiger partial charge in [-0.05, 0) is 97.8 Å². The first-order valence-electron chi connectivity index (χ1n) is 18.2. The summed E-state index contributed by atoms with van der Waals surface area (Å²) in [6.07, 6.45) is 1.62. The second-order valence-corrected chi connectivity index (χ2v) is 13.9. The van der Waals surface area contributed by atoms with Crippen LogP contribution in [0.2, 0.25) is 0 Å². The van der Waals surface area contributed by atoms with E-state index in [0.717, 1.165) is 38.8 Å². The number of carbonyl (C=O) groups is 3. The zero-order chi connectivity index (χ0) is 38.1. The number of aromatic nitrogens is 1. The number of nitrogens with one attached hydrogen (secondary N) is 3. The number of carbonyl (C=O) groups excluding carboxylic acids is 3. The van der Waals surface area contributed by atoms with E-state index in [0.29, 0.717) is 34.9 Å². The van der Waals surface area contributed by atoms with Gasteiger partial charge in [-0.2, -0.15) is 0 Å². The van der Waals surface area contributed by atoms with Gasteiger partial charge in [-0.25, -0.2) is 0 Å². The molecule has 0 spiro atoms. The minimum absolute atomic E-state index is 0.0663. The standard InChI is InChI=1S/C46H40N4O4S/c1-3-50-41-21-12-11-20-38(41)39-30-35(24-27-42(39)50)48-46(53)43(32-14-7-5-8-15-32)55-37-19-13-18-34(29-37)47-45(52)40(49-44(51)33-16-9-6-10-17-33)28-31-22-25-36(26-23-31)54-4-2/h5-30,43H,3-4H2,1-2H3,(H,47,52)(H,48,53)(H,49,51)/b40-28+. The monoisotopic (exact) mass is 744 g/mol. The molecule has 1 atom stereocenters. The minimum Gasteiger partial charge on any atom is -0.494 e. The summed E-state index contributed by atoms with van der Waals surface area (Å²) in [6, 6.07) is 47.3. The van der Waals surface area contributed by atoms with Crippen LogP contribution in [0.5, 0.6) is 5.75 Å². The van der Waals surface area contributed by atoms with Crippen molar-refractivity contribution in [1.29, 1.82) is 0 Å². The SMILES string of the molecule is CCOc1ccc(/C=C(/NC(=O)c2ccccc2)C(=O)Nc2cccc(SC(C(=O)Nc3ccc4c(c3)c3ccccc3n4CC)c3ccccc3)c2)cc1. The average molecular weight is 745 g/mol. The van der Waals surface area contributed by atoms with Crippen molar-refractivity contribution in [2.45, 2.75) is 30.5 Å². The summed E-state index contributed by atoms with van der Waals surface area (Å²) in [4.78, 5) is 41.9. The zero-order valence-electron chi connectivity index (χ0n) is 30.5. The maximum atomic E-state index is 14.1. The molecule has 1 unspecified atom stereocenters. The smallest absolute Gasteiger partial charge is 0.272 e. The topological polar surface area (TPSA) is 101 Å². The highest BCUT2D eigenvalue weighted by atomic mass is 32.2. The van der Waals surface area contributed by atoms with Gasteiger partial charge in [0.15, 0.2) is 0 Å². The molecule has 0 bridgehead atoms. The number of benzene rings is 6. The van der Waals surface area contributed by atoms with Crippen molar-refractivity contribution < 1.29 is 19.1 Å². The number of amides is 3. The lowest BCUT2D eigenvalue weighted by Gasteiger charge is -2.18. The Morgan fingerprint density at radius 1 is 0.691 bits per heavy atom. The Hall–Kier alpha value is -6.58. The van der Waals surface area contributed by atoms with Gasteiger partial charge in [-0.1, -0.05) is 84.9 Å². The van der Waals surface area contributed by atoms with Crippen molar-refractivity contribution >= 4 is 68.7 Å². The van der Waals surface area contributed by atoms with Crippen LogP contribution in [0.15, 0.2) is 162 Å². The first kappa shape index (κ1) is 36.8. The molecule has 1 heterocycles. The van der Waals surface area contributed by atoms with Gasteiger partial charge in [0.05, 0.1) is 6.61 Å². The van der Waals surface area contributed by atoms with Crippen LogP contribution in [-0.2, 0) is 16.1 Å². The molecule has 0 saturated heterocycles. The van der Waals surface area contributed by atoms with Gasteiger partial charge >= 0.3 is 0 Å². The number of nitrogens with zero attached hydrogens (tertiary/aromatic N) is 1. The third-order valence-electron chi connectivity index (χ3n) is 9.07. The second kappa shape index (κ2) is 17.0. The van der Waals surface area contributed by atoms with Crippen molar-refractivity contribution in [2.24, 2.45) is 0 Å². The lowest BCUT2D eigenvalue weighted by Crippen LogP contribution is -2.30. The Morgan fingerprint density at radius 2 is 1.38 bits per heavy atom. The average Bonchev–Trinajstić information content (AvgIpc) is 3.54. The maximum Gasteiger partial charge on any atom is 0.272 e. The van der Waals surface area contributed by atoms with E-state index >= 15 is 0 Å². The highest BCUT2D eigenvalue weighted by molar-refractivity contribution is 8.00. The van der Waals surface area contributed by atoms with Gasteiger partial charge in [0.2, 0.25) is 5.91 Å². The quantitative estimate of drug-likeness (QED) is 0.0806. The Bertz CT molecular complexity index is 2500. The van der Waals surface area contributed by atoms with Gasteiger partial charge in [-0.3, -0.25) is 14.4 Å². The van der Waals surface area contributed by atoms with Crippen LogP contribution in [0.3, 0.4) is 0 Å². The Balaban J connectivity index is 1.13. The Kier molecular flexibility index (Phi) is 11.4. The predicted molar refractivity (Wildman–Crippen MR) is 223 cm³/mol. The first-order chi connectivity index (χ1) is 26.9. The largest absolute Gasteiger partial charge is 0.494 e. The van der Waals surface area contributed by atoms with Gasteiger partial charge in [-0.15, -0.1) is 11.8 Å². The summed E-state index contributed by atoms with van der Waals surface area (Å²) in [5, 5.41) is 10.5. The second-order valence-electron chi connectivity index (χ2n) is 12.8. The molecule has 55 heavy (non-hydrogen) atoms. The van der Waals surface area contributed by atoms with Gasteiger partial charge in [0.1, 0.15) is 16.7 Å². The first-order valence-corrected chi connectivity index (χ1v) is 19.0. The number of ether oxygens (including phenoxy) is 1. The number of para-hydroxylation sites is 1. The van der Waals surface area contributed by atoms with E-state index in [2.05, 4.69) is 45.6 Å².